The molecule has 0 saturated heterocycles. The number of aromatic nitrogens is 2. The van der Waals surface area contributed by atoms with Crippen molar-refractivity contribution in [1.29, 1.82) is 0 Å². The van der Waals surface area contributed by atoms with E-state index in [0.29, 0.717) is 0 Å². The van der Waals surface area contributed by atoms with Crippen molar-refractivity contribution in [2.24, 2.45) is 0 Å². The number of rotatable bonds is 3. The summed E-state index contributed by atoms with van der Waals surface area (Å²) in [5.41, 5.74) is 3.78. The van der Waals surface area contributed by atoms with Crippen LogP contribution in [0.3, 0.4) is 0 Å². The van der Waals surface area contributed by atoms with Crippen molar-refractivity contribution >= 4 is 23.2 Å². The van der Waals surface area contributed by atoms with Gasteiger partial charge in [0.05, 0.1) is 6.54 Å². The SMILES string of the molecule is Clc1ccc(C[n+]2cc(-c3ccc(Cl)cc3)n3c2CCCCC3)cc1.[Cl-]. The van der Waals surface area contributed by atoms with Gasteiger partial charge in [0.2, 0.25) is 0 Å². The highest BCUT2D eigenvalue weighted by Crippen LogP contribution is 2.25. The van der Waals surface area contributed by atoms with Crippen molar-refractivity contribution in [3.63, 3.8) is 0 Å². The maximum Gasteiger partial charge on any atom is 0.257 e. The topological polar surface area (TPSA) is 8.81 Å². The molecule has 0 radical (unpaired) electrons. The second-order valence-electron chi connectivity index (χ2n) is 6.65. The van der Waals surface area contributed by atoms with Gasteiger partial charge in [-0.1, -0.05) is 35.3 Å². The third-order valence-corrected chi connectivity index (χ3v) is 5.40. The second-order valence-corrected chi connectivity index (χ2v) is 7.53. The number of benzene rings is 2. The van der Waals surface area contributed by atoms with E-state index in [2.05, 4.69) is 39.6 Å². The number of halogens is 3. The van der Waals surface area contributed by atoms with Gasteiger partial charge in [-0.2, -0.15) is 0 Å². The van der Waals surface area contributed by atoms with Gasteiger partial charge in [-0.25, -0.2) is 9.13 Å². The van der Waals surface area contributed by atoms with Gasteiger partial charge in [0.25, 0.3) is 5.82 Å². The lowest BCUT2D eigenvalue weighted by atomic mass is 10.1. The summed E-state index contributed by atoms with van der Waals surface area (Å²) < 4.78 is 4.89. The first-order valence-corrected chi connectivity index (χ1v) is 9.58. The molecule has 0 amide bonds. The van der Waals surface area contributed by atoms with Crippen molar-refractivity contribution < 1.29 is 17.0 Å². The van der Waals surface area contributed by atoms with Gasteiger partial charge in [0.15, 0.2) is 5.69 Å². The molecular formula is C21H21Cl3N2. The van der Waals surface area contributed by atoms with Crippen molar-refractivity contribution in [3.05, 3.63) is 76.2 Å². The average Bonchev–Trinajstić information content (AvgIpc) is 2.80. The third kappa shape index (κ3) is 4.09. The first kappa shape index (κ1) is 19.3. The number of fused-ring (bicyclic) bond motifs is 1. The molecule has 0 saturated carbocycles. The molecule has 3 aromatic rings. The van der Waals surface area contributed by atoms with Gasteiger partial charge in [0.1, 0.15) is 12.7 Å². The molecule has 0 spiro atoms. The van der Waals surface area contributed by atoms with E-state index < -0.39 is 0 Å². The normalized spacial score (nSPS) is 13.6. The van der Waals surface area contributed by atoms with E-state index in [1.807, 2.05) is 24.3 Å². The highest BCUT2D eigenvalue weighted by Gasteiger charge is 2.25. The number of hydrogen-bond donors (Lipinski definition) is 0. The van der Waals surface area contributed by atoms with Crippen molar-refractivity contribution in [2.75, 3.05) is 0 Å². The van der Waals surface area contributed by atoms with Crippen LogP contribution in [-0.2, 0) is 19.5 Å². The second kappa shape index (κ2) is 8.47. The number of imidazole rings is 1. The Kier molecular flexibility index (Phi) is 6.29. The van der Waals surface area contributed by atoms with Crippen LogP contribution in [0.25, 0.3) is 11.3 Å². The molecule has 1 aliphatic rings. The largest absolute Gasteiger partial charge is 1.00 e. The van der Waals surface area contributed by atoms with Crippen LogP contribution < -0.4 is 17.0 Å². The van der Waals surface area contributed by atoms with Crippen LogP contribution in [0.2, 0.25) is 10.0 Å². The quantitative estimate of drug-likeness (QED) is 0.590. The molecule has 0 atom stereocenters. The molecule has 0 fully saturated rings. The number of hydrogen-bond acceptors (Lipinski definition) is 0. The Hall–Kier alpha value is -1.48. The Morgan fingerprint density at radius 3 is 2.19 bits per heavy atom. The first-order valence-electron chi connectivity index (χ1n) is 8.83. The van der Waals surface area contributed by atoms with Crippen LogP contribution in [0, 0.1) is 0 Å². The van der Waals surface area contributed by atoms with E-state index in [9.17, 15) is 0 Å². The zero-order valence-corrected chi connectivity index (χ0v) is 16.7. The average molecular weight is 408 g/mol. The third-order valence-electron chi connectivity index (χ3n) is 4.90. The molecule has 0 N–H and O–H groups in total. The lowest BCUT2D eigenvalue weighted by Gasteiger charge is -2.03. The zero-order chi connectivity index (χ0) is 17.2. The van der Waals surface area contributed by atoms with E-state index in [1.165, 1.54) is 41.9 Å². The van der Waals surface area contributed by atoms with Crippen molar-refractivity contribution in [3.8, 4) is 11.3 Å². The molecular weight excluding hydrogens is 387 g/mol. The zero-order valence-electron chi connectivity index (χ0n) is 14.5. The van der Waals surface area contributed by atoms with Gasteiger partial charge in [-0.05, 0) is 61.2 Å². The summed E-state index contributed by atoms with van der Waals surface area (Å²) in [6, 6.07) is 16.3. The minimum Gasteiger partial charge on any atom is -1.00 e. The van der Waals surface area contributed by atoms with Crippen LogP contribution in [0.1, 0.15) is 30.7 Å². The highest BCUT2D eigenvalue weighted by molar-refractivity contribution is 6.30. The standard InChI is InChI=1S/C21H21Cl2N2.ClH/c22-18-9-5-16(6-10-18)14-24-15-20(17-7-11-19(23)12-8-17)25-13-3-1-2-4-21(24)25;/h5-12,15H,1-4,13-14H2;1H/q+1;/p-1. The summed E-state index contributed by atoms with van der Waals surface area (Å²) in [6.07, 6.45) is 7.20. The molecule has 0 unspecified atom stereocenters. The molecule has 2 aromatic carbocycles. The molecule has 4 rings (SSSR count). The fourth-order valence-electron chi connectivity index (χ4n) is 3.62. The molecule has 0 bridgehead atoms. The fraction of sp³-hybridized carbons (Fsp3) is 0.286. The maximum absolute atomic E-state index is 6.07. The number of nitrogens with zero attached hydrogens (tertiary/aromatic N) is 2. The van der Waals surface area contributed by atoms with E-state index >= 15 is 0 Å². The summed E-state index contributed by atoms with van der Waals surface area (Å²) >= 11 is 12.1. The van der Waals surface area contributed by atoms with Crippen LogP contribution in [0.4, 0.5) is 0 Å². The Morgan fingerprint density at radius 1 is 0.846 bits per heavy atom. The van der Waals surface area contributed by atoms with E-state index in [1.54, 1.807) is 0 Å². The van der Waals surface area contributed by atoms with E-state index in [4.69, 9.17) is 23.2 Å². The van der Waals surface area contributed by atoms with Crippen LogP contribution >= 0.6 is 23.2 Å². The van der Waals surface area contributed by atoms with Crippen LogP contribution in [0.15, 0.2) is 54.7 Å². The first-order chi connectivity index (χ1) is 12.2. The molecule has 5 heteroatoms. The molecule has 2 heterocycles. The molecule has 2 nitrogen and oxygen atoms in total. The lowest BCUT2D eigenvalue weighted by molar-refractivity contribution is -0.695. The maximum atomic E-state index is 6.07. The molecule has 1 aliphatic heterocycles. The van der Waals surface area contributed by atoms with Crippen LogP contribution in [0.5, 0.6) is 0 Å². The molecule has 26 heavy (non-hydrogen) atoms. The molecule has 136 valence electrons. The van der Waals surface area contributed by atoms with E-state index in [-0.39, 0.29) is 12.4 Å². The Morgan fingerprint density at radius 2 is 1.50 bits per heavy atom. The van der Waals surface area contributed by atoms with Gasteiger partial charge in [0, 0.05) is 22.0 Å². The summed E-state index contributed by atoms with van der Waals surface area (Å²) in [5.74, 6) is 1.41. The minimum atomic E-state index is 0. The predicted octanol–water partition coefficient (Wildman–Crippen LogP) is 2.53. The Bertz CT molecular complexity index is 868. The molecule has 1 aromatic heterocycles. The van der Waals surface area contributed by atoms with Gasteiger partial charge in [-0.15, -0.1) is 0 Å². The van der Waals surface area contributed by atoms with Crippen LogP contribution in [-0.4, -0.2) is 4.57 Å². The van der Waals surface area contributed by atoms with Gasteiger partial charge < -0.3 is 12.4 Å². The predicted molar refractivity (Wildman–Crippen MR) is 103 cm³/mol. The van der Waals surface area contributed by atoms with Gasteiger partial charge >= 0.3 is 0 Å². The summed E-state index contributed by atoms with van der Waals surface area (Å²) in [4.78, 5) is 0. The van der Waals surface area contributed by atoms with Crippen molar-refractivity contribution in [1.82, 2.24) is 4.57 Å². The smallest absolute Gasteiger partial charge is 0.257 e. The Balaban J connectivity index is 0.00000196. The summed E-state index contributed by atoms with van der Waals surface area (Å²) in [7, 11) is 0. The summed E-state index contributed by atoms with van der Waals surface area (Å²) in [6.45, 7) is 1.96. The van der Waals surface area contributed by atoms with Crippen molar-refractivity contribution in [2.45, 2.75) is 38.8 Å². The van der Waals surface area contributed by atoms with Gasteiger partial charge in [-0.3, -0.25) is 0 Å². The molecule has 0 aliphatic carbocycles. The Labute approximate surface area is 170 Å². The lowest BCUT2D eigenvalue weighted by Crippen LogP contribution is -3.00. The van der Waals surface area contributed by atoms with E-state index in [0.717, 1.165) is 29.6 Å². The highest BCUT2D eigenvalue weighted by atomic mass is 35.5. The fourth-order valence-corrected chi connectivity index (χ4v) is 3.87. The minimum absolute atomic E-state index is 0. The monoisotopic (exact) mass is 406 g/mol. The summed E-state index contributed by atoms with van der Waals surface area (Å²) in [5, 5.41) is 1.56.